The average molecular weight is 481 g/mol. The number of carbonyl (C=O) groups excluding carboxylic acids is 1. The Balaban J connectivity index is 1.98. The lowest BCUT2D eigenvalue weighted by molar-refractivity contribution is -0.139. The number of carbonyl (C=O) groups is 2. The van der Waals surface area contributed by atoms with Crippen molar-refractivity contribution in [2.75, 3.05) is 6.54 Å². The zero-order valence-electron chi connectivity index (χ0n) is 18.2. The number of aliphatic carboxylic acids is 1. The predicted molar refractivity (Wildman–Crippen MR) is 125 cm³/mol. The van der Waals surface area contributed by atoms with Crippen molar-refractivity contribution in [2.24, 2.45) is 5.92 Å². The normalized spacial score (nSPS) is 12.5. The fraction of sp³-hybridized carbons (Fsp3) is 0.391. The maximum Gasteiger partial charge on any atom is 0.321 e. The van der Waals surface area contributed by atoms with Gasteiger partial charge in [0.25, 0.3) is 0 Å². The van der Waals surface area contributed by atoms with Crippen LogP contribution in [0.15, 0.2) is 53.4 Å². The van der Waals surface area contributed by atoms with Crippen LogP contribution in [0.3, 0.4) is 0 Å². The molecular formula is C23H29ClN2O5S. The van der Waals surface area contributed by atoms with Crippen LogP contribution in [0.4, 0.5) is 0 Å². The minimum atomic E-state index is -4.02. The molecule has 3 N–H and O–H groups in total. The summed E-state index contributed by atoms with van der Waals surface area (Å²) in [6, 6.07) is 12.0. The molecule has 2 rings (SSSR count). The van der Waals surface area contributed by atoms with Crippen LogP contribution < -0.4 is 10.0 Å². The predicted octanol–water partition coefficient (Wildman–Crippen LogP) is 4.07. The number of carboxylic acid groups (broad SMARTS) is 1. The van der Waals surface area contributed by atoms with E-state index in [9.17, 15) is 23.1 Å². The van der Waals surface area contributed by atoms with Crippen LogP contribution in [-0.4, -0.2) is 38.0 Å². The van der Waals surface area contributed by atoms with Gasteiger partial charge in [0.15, 0.2) is 0 Å². The molecule has 174 valence electrons. The van der Waals surface area contributed by atoms with Crippen molar-refractivity contribution in [1.82, 2.24) is 10.0 Å². The van der Waals surface area contributed by atoms with Crippen molar-refractivity contribution in [3.8, 4) is 11.1 Å². The van der Waals surface area contributed by atoms with E-state index in [4.69, 9.17) is 11.6 Å². The summed E-state index contributed by atoms with van der Waals surface area (Å²) in [7, 11) is -4.02. The average Bonchev–Trinajstić information content (AvgIpc) is 2.77. The van der Waals surface area contributed by atoms with Gasteiger partial charge < -0.3 is 10.4 Å². The van der Waals surface area contributed by atoms with Gasteiger partial charge in [-0.05, 0) is 61.1 Å². The maximum atomic E-state index is 12.7. The molecule has 2 aromatic rings. The molecular weight excluding hydrogens is 452 g/mol. The van der Waals surface area contributed by atoms with E-state index in [2.05, 4.69) is 10.0 Å². The van der Waals surface area contributed by atoms with Crippen molar-refractivity contribution < 1.29 is 23.1 Å². The topological polar surface area (TPSA) is 113 Å². The maximum absolute atomic E-state index is 12.7. The third-order valence-corrected chi connectivity index (χ3v) is 7.00. The van der Waals surface area contributed by atoms with Crippen LogP contribution in [0.1, 0.15) is 39.5 Å². The molecule has 2 aromatic carbocycles. The fourth-order valence-electron chi connectivity index (χ4n) is 3.28. The molecule has 7 nitrogen and oxygen atoms in total. The number of amides is 1. The van der Waals surface area contributed by atoms with Gasteiger partial charge in [-0.2, -0.15) is 4.72 Å². The number of sulfonamides is 1. The lowest BCUT2D eigenvalue weighted by Crippen LogP contribution is -2.41. The van der Waals surface area contributed by atoms with Gasteiger partial charge in [0.2, 0.25) is 15.9 Å². The third-order valence-electron chi connectivity index (χ3n) is 5.26. The first-order valence-corrected chi connectivity index (χ1v) is 12.4. The molecule has 0 fully saturated rings. The zero-order chi connectivity index (χ0) is 23.7. The Morgan fingerprint density at radius 1 is 0.969 bits per heavy atom. The number of nitrogens with one attached hydrogen (secondary N) is 2. The van der Waals surface area contributed by atoms with Gasteiger partial charge in [0.1, 0.15) is 6.04 Å². The minimum Gasteiger partial charge on any atom is -0.480 e. The van der Waals surface area contributed by atoms with Crippen LogP contribution >= 0.6 is 11.6 Å². The van der Waals surface area contributed by atoms with E-state index in [1.165, 1.54) is 12.1 Å². The molecule has 0 aromatic heterocycles. The van der Waals surface area contributed by atoms with Crippen LogP contribution in [0, 0.1) is 5.92 Å². The van der Waals surface area contributed by atoms with E-state index in [-0.39, 0.29) is 29.7 Å². The third kappa shape index (κ3) is 7.32. The molecule has 1 atom stereocenters. The highest BCUT2D eigenvalue weighted by molar-refractivity contribution is 7.89. The summed E-state index contributed by atoms with van der Waals surface area (Å²) in [6.45, 7) is 4.16. The van der Waals surface area contributed by atoms with Gasteiger partial charge in [-0.25, -0.2) is 8.42 Å². The van der Waals surface area contributed by atoms with Gasteiger partial charge in [-0.1, -0.05) is 49.7 Å². The highest BCUT2D eigenvalue weighted by Crippen LogP contribution is 2.23. The Hall–Kier alpha value is -2.42. The van der Waals surface area contributed by atoms with E-state index in [0.29, 0.717) is 11.4 Å². The standard InChI is InChI=1S/C23H29ClN2O5S/c1-3-16(4-2)22(27)25-15-5-6-21(23(28)29)26-32(30,31)20-13-9-18(10-14-20)17-7-11-19(24)12-8-17/h7-14,16,21,26H,3-6,15H2,1-2H3,(H,25,27)(H,28,29)/t21-/m0/s1. The van der Waals surface area contributed by atoms with Crippen molar-refractivity contribution in [2.45, 2.75) is 50.5 Å². The van der Waals surface area contributed by atoms with Crippen LogP contribution in [0.25, 0.3) is 11.1 Å². The molecule has 0 radical (unpaired) electrons. The first-order valence-electron chi connectivity index (χ1n) is 10.6. The first-order chi connectivity index (χ1) is 15.2. The monoisotopic (exact) mass is 480 g/mol. The van der Waals surface area contributed by atoms with E-state index in [0.717, 1.165) is 24.0 Å². The van der Waals surface area contributed by atoms with Crippen LogP contribution in [0.5, 0.6) is 0 Å². The molecule has 0 aliphatic heterocycles. The Kier molecular flexibility index (Phi) is 9.68. The fourth-order valence-corrected chi connectivity index (χ4v) is 4.63. The Bertz CT molecular complexity index is 1000. The second-order valence-electron chi connectivity index (χ2n) is 7.49. The van der Waals surface area contributed by atoms with Crippen LogP contribution in [0.2, 0.25) is 5.02 Å². The van der Waals surface area contributed by atoms with E-state index >= 15 is 0 Å². The molecule has 0 saturated heterocycles. The second-order valence-corrected chi connectivity index (χ2v) is 9.64. The largest absolute Gasteiger partial charge is 0.480 e. The highest BCUT2D eigenvalue weighted by atomic mass is 35.5. The van der Waals surface area contributed by atoms with E-state index in [1.807, 2.05) is 26.0 Å². The molecule has 0 aliphatic rings. The molecule has 9 heteroatoms. The zero-order valence-corrected chi connectivity index (χ0v) is 19.7. The SMILES string of the molecule is CCC(CC)C(=O)NCCC[C@H](NS(=O)(=O)c1ccc(-c2ccc(Cl)cc2)cc1)C(=O)O. The number of hydrogen-bond acceptors (Lipinski definition) is 4. The van der Waals surface area contributed by atoms with Gasteiger partial charge in [0.05, 0.1) is 4.90 Å². The summed E-state index contributed by atoms with van der Waals surface area (Å²) in [4.78, 5) is 23.6. The molecule has 0 bridgehead atoms. The van der Waals surface area contributed by atoms with Gasteiger partial charge >= 0.3 is 5.97 Å². The van der Waals surface area contributed by atoms with Gasteiger partial charge in [-0.3, -0.25) is 9.59 Å². The number of halogens is 1. The van der Waals surface area contributed by atoms with Crippen molar-refractivity contribution in [3.05, 3.63) is 53.6 Å². The summed E-state index contributed by atoms with van der Waals surface area (Å²) in [5.74, 6) is -1.40. The summed E-state index contributed by atoms with van der Waals surface area (Å²) in [6.07, 6.45) is 1.86. The highest BCUT2D eigenvalue weighted by Gasteiger charge is 2.25. The minimum absolute atomic E-state index is 0.0245. The molecule has 0 spiro atoms. The number of rotatable bonds is 12. The summed E-state index contributed by atoms with van der Waals surface area (Å²) >= 11 is 5.89. The molecule has 1 amide bonds. The quantitative estimate of drug-likeness (QED) is 0.396. The second kappa shape index (κ2) is 12.0. The molecule has 0 saturated carbocycles. The van der Waals surface area contributed by atoms with Crippen molar-refractivity contribution in [3.63, 3.8) is 0 Å². The summed E-state index contributed by atoms with van der Waals surface area (Å²) in [5, 5.41) is 12.8. The van der Waals surface area contributed by atoms with E-state index < -0.39 is 22.0 Å². The summed E-state index contributed by atoms with van der Waals surface area (Å²) < 4.78 is 27.6. The lowest BCUT2D eigenvalue weighted by atomic mass is 10.0. The Labute approximate surface area is 194 Å². The lowest BCUT2D eigenvalue weighted by Gasteiger charge is -2.16. The number of benzene rings is 2. The van der Waals surface area contributed by atoms with Gasteiger partial charge in [-0.15, -0.1) is 0 Å². The smallest absolute Gasteiger partial charge is 0.321 e. The first kappa shape index (κ1) is 25.8. The molecule has 0 heterocycles. The summed E-state index contributed by atoms with van der Waals surface area (Å²) in [5.41, 5.74) is 1.69. The van der Waals surface area contributed by atoms with Gasteiger partial charge in [0, 0.05) is 17.5 Å². The number of carboxylic acids is 1. The Morgan fingerprint density at radius 2 is 1.50 bits per heavy atom. The molecule has 0 unspecified atom stereocenters. The van der Waals surface area contributed by atoms with Crippen molar-refractivity contribution >= 4 is 33.5 Å². The van der Waals surface area contributed by atoms with Crippen molar-refractivity contribution in [1.29, 1.82) is 0 Å². The van der Waals surface area contributed by atoms with E-state index in [1.54, 1.807) is 24.3 Å². The molecule has 0 aliphatic carbocycles. The Morgan fingerprint density at radius 3 is 2.00 bits per heavy atom. The molecule has 32 heavy (non-hydrogen) atoms. The number of hydrogen-bond donors (Lipinski definition) is 3. The van der Waals surface area contributed by atoms with Crippen LogP contribution in [-0.2, 0) is 19.6 Å².